The summed E-state index contributed by atoms with van der Waals surface area (Å²) in [5.41, 5.74) is 1.58. The van der Waals surface area contributed by atoms with Crippen LogP contribution < -0.4 is 5.32 Å². The van der Waals surface area contributed by atoms with Gasteiger partial charge in [-0.2, -0.15) is 0 Å². The number of terminal acetylenes is 1. The summed E-state index contributed by atoms with van der Waals surface area (Å²) in [6, 6.07) is 10.9. The maximum atomic E-state index is 5.68. The summed E-state index contributed by atoms with van der Waals surface area (Å²) < 4.78 is 0. The van der Waals surface area contributed by atoms with Gasteiger partial charge in [-0.15, -0.1) is 6.42 Å². The summed E-state index contributed by atoms with van der Waals surface area (Å²) in [5, 5.41) is 3.44. The number of benzene rings is 1. The Morgan fingerprint density at radius 2 is 2.06 bits per heavy atom. The third-order valence-electron chi connectivity index (χ3n) is 3.72. The first-order chi connectivity index (χ1) is 7.83. The van der Waals surface area contributed by atoms with Crippen LogP contribution in [-0.4, -0.2) is 12.6 Å². The molecule has 0 heterocycles. The number of hydrogen-bond donors (Lipinski definition) is 1. The van der Waals surface area contributed by atoms with Gasteiger partial charge >= 0.3 is 0 Å². The molecule has 1 aliphatic rings. The summed E-state index contributed by atoms with van der Waals surface area (Å²) in [6.45, 7) is 3.05. The van der Waals surface area contributed by atoms with Gasteiger partial charge in [0.05, 0.1) is 6.04 Å². The SMILES string of the molecule is C#CC(NCC)C1(c2ccccc2)CCC1. The Morgan fingerprint density at radius 1 is 1.38 bits per heavy atom. The maximum absolute atomic E-state index is 5.68. The zero-order chi connectivity index (χ0) is 11.4. The fourth-order valence-electron chi connectivity index (χ4n) is 2.69. The molecule has 0 radical (unpaired) electrons. The molecule has 1 saturated carbocycles. The van der Waals surface area contributed by atoms with E-state index in [0.717, 1.165) is 6.54 Å². The molecule has 0 aromatic heterocycles. The zero-order valence-electron chi connectivity index (χ0n) is 9.87. The predicted molar refractivity (Wildman–Crippen MR) is 68.3 cm³/mol. The van der Waals surface area contributed by atoms with E-state index in [1.54, 1.807) is 0 Å². The Kier molecular flexibility index (Phi) is 3.31. The Labute approximate surface area is 98.3 Å². The van der Waals surface area contributed by atoms with Crippen molar-refractivity contribution in [2.75, 3.05) is 6.54 Å². The van der Waals surface area contributed by atoms with Crippen molar-refractivity contribution in [1.29, 1.82) is 0 Å². The lowest BCUT2D eigenvalue weighted by molar-refractivity contribution is 0.202. The van der Waals surface area contributed by atoms with Gasteiger partial charge in [0, 0.05) is 5.41 Å². The lowest BCUT2D eigenvalue weighted by atomic mass is 9.60. The van der Waals surface area contributed by atoms with E-state index in [0.29, 0.717) is 0 Å². The van der Waals surface area contributed by atoms with E-state index in [2.05, 4.69) is 48.5 Å². The van der Waals surface area contributed by atoms with Gasteiger partial charge in [-0.3, -0.25) is 0 Å². The Balaban J connectivity index is 2.29. The van der Waals surface area contributed by atoms with Gasteiger partial charge < -0.3 is 5.32 Å². The molecule has 1 heteroatoms. The lowest BCUT2D eigenvalue weighted by Crippen LogP contribution is -2.52. The van der Waals surface area contributed by atoms with Gasteiger partial charge in [0.2, 0.25) is 0 Å². The minimum atomic E-state index is 0.175. The van der Waals surface area contributed by atoms with Crippen LogP contribution in [0.2, 0.25) is 0 Å². The second-order valence-corrected chi connectivity index (χ2v) is 4.53. The van der Waals surface area contributed by atoms with Gasteiger partial charge in [0.1, 0.15) is 0 Å². The molecule has 0 spiro atoms. The highest BCUT2D eigenvalue weighted by Crippen LogP contribution is 2.46. The van der Waals surface area contributed by atoms with Crippen LogP contribution in [0.25, 0.3) is 0 Å². The molecule has 0 amide bonds. The van der Waals surface area contributed by atoms with Crippen LogP contribution in [0.3, 0.4) is 0 Å². The van der Waals surface area contributed by atoms with E-state index < -0.39 is 0 Å². The molecule has 0 aliphatic heterocycles. The van der Waals surface area contributed by atoms with E-state index in [4.69, 9.17) is 6.42 Å². The molecule has 1 N–H and O–H groups in total. The van der Waals surface area contributed by atoms with Crippen LogP contribution >= 0.6 is 0 Å². The van der Waals surface area contributed by atoms with Gasteiger partial charge in [-0.25, -0.2) is 0 Å². The molecule has 16 heavy (non-hydrogen) atoms. The monoisotopic (exact) mass is 213 g/mol. The van der Waals surface area contributed by atoms with Crippen LogP contribution in [-0.2, 0) is 5.41 Å². The molecule has 2 rings (SSSR count). The molecule has 1 unspecified atom stereocenters. The van der Waals surface area contributed by atoms with Crippen molar-refractivity contribution in [3.63, 3.8) is 0 Å². The summed E-state index contributed by atoms with van der Waals surface area (Å²) in [6.07, 6.45) is 9.38. The number of hydrogen-bond acceptors (Lipinski definition) is 1. The van der Waals surface area contributed by atoms with Crippen LogP contribution in [0.1, 0.15) is 31.7 Å². The summed E-state index contributed by atoms with van der Waals surface area (Å²) >= 11 is 0. The molecule has 0 saturated heterocycles. The largest absolute Gasteiger partial charge is 0.303 e. The molecule has 1 nitrogen and oxygen atoms in total. The standard InChI is InChI=1S/C15H19N/c1-3-14(16-4-2)15(11-8-12-15)13-9-6-5-7-10-13/h1,5-7,9-10,14,16H,4,8,11-12H2,2H3. The molecule has 1 fully saturated rings. The van der Waals surface area contributed by atoms with Crippen molar-refractivity contribution >= 4 is 0 Å². The summed E-state index contributed by atoms with van der Waals surface area (Å²) in [5.74, 6) is 2.93. The van der Waals surface area contributed by atoms with Crippen LogP contribution in [0, 0.1) is 12.3 Å². The van der Waals surface area contributed by atoms with Crippen molar-refractivity contribution in [2.24, 2.45) is 0 Å². The minimum absolute atomic E-state index is 0.175. The van der Waals surface area contributed by atoms with E-state index >= 15 is 0 Å². The minimum Gasteiger partial charge on any atom is -0.303 e. The van der Waals surface area contributed by atoms with Crippen molar-refractivity contribution in [3.8, 4) is 12.3 Å². The van der Waals surface area contributed by atoms with Crippen molar-refractivity contribution < 1.29 is 0 Å². The van der Waals surface area contributed by atoms with Crippen molar-refractivity contribution in [2.45, 2.75) is 37.6 Å². The van der Waals surface area contributed by atoms with Gasteiger partial charge in [-0.05, 0) is 24.9 Å². The van der Waals surface area contributed by atoms with Gasteiger partial charge in [-0.1, -0.05) is 49.6 Å². The van der Waals surface area contributed by atoms with E-state index in [-0.39, 0.29) is 11.5 Å². The zero-order valence-corrected chi connectivity index (χ0v) is 9.87. The molecular formula is C15H19N. The fourth-order valence-corrected chi connectivity index (χ4v) is 2.69. The van der Waals surface area contributed by atoms with Crippen LogP contribution in [0.15, 0.2) is 30.3 Å². The topological polar surface area (TPSA) is 12.0 Å². The van der Waals surface area contributed by atoms with E-state index in [9.17, 15) is 0 Å². The van der Waals surface area contributed by atoms with E-state index in [1.807, 2.05) is 0 Å². The van der Waals surface area contributed by atoms with Crippen molar-refractivity contribution in [3.05, 3.63) is 35.9 Å². The van der Waals surface area contributed by atoms with E-state index in [1.165, 1.54) is 24.8 Å². The maximum Gasteiger partial charge on any atom is 0.0784 e. The molecule has 1 aromatic carbocycles. The predicted octanol–water partition coefficient (Wildman–Crippen LogP) is 2.72. The summed E-state index contributed by atoms with van der Waals surface area (Å²) in [7, 11) is 0. The van der Waals surface area contributed by atoms with Gasteiger partial charge in [0.15, 0.2) is 0 Å². The second-order valence-electron chi connectivity index (χ2n) is 4.53. The number of rotatable bonds is 4. The van der Waals surface area contributed by atoms with Crippen molar-refractivity contribution in [1.82, 2.24) is 5.32 Å². The molecule has 1 aromatic rings. The first-order valence-electron chi connectivity index (χ1n) is 6.08. The molecule has 1 aliphatic carbocycles. The molecule has 1 atom stereocenters. The quantitative estimate of drug-likeness (QED) is 0.758. The Morgan fingerprint density at radius 3 is 2.50 bits per heavy atom. The molecule has 0 bridgehead atoms. The average molecular weight is 213 g/mol. The number of likely N-dealkylation sites (N-methyl/N-ethyl adjacent to an activating group) is 1. The molecular weight excluding hydrogens is 194 g/mol. The normalized spacial score (nSPS) is 19.5. The first kappa shape index (κ1) is 11.2. The third-order valence-corrected chi connectivity index (χ3v) is 3.72. The third kappa shape index (κ3) is 1.74. The molecule has 84 valence electrons. The lowest BCUT2D eigenvalue weighted by Gasteiger charge is -2.46. The average Bonchev–Trinajstić information content (AvgIpc) is 2.28. The second kappa shape index (κ2) is 4.72. The number of nitrogens with one attached hydrogen (secondary N) is 1. The highest BCUT2D eigenvalue weighted by molar-refractivity contribution is 5.34. The Bertz CT molecular complexity index is 370. The first-order valence-corrected chi connectivity index (χ1v) is 6.08. The Hall–Kier alpha value is -1.26. The fraction of sp³-hybridized carbons (Fsp3) is 0.467. The highest BCUT2D eigenvalue weighted by Gasteiger charge is 2.44. The van der Waals surface area contributed by atoms with Crippen LogP contribution in [0.4, 0.5) is 0 Å². The summed E-state index contributed by atoms with van der Waals surface area (Å²) in [4.78, 5) is 0. The van der Waals surface area contributed by atoms with Gasteiger partial charge in [0.25, 0.3) is 0 Å². The smallest absolute Gasteiger partial charge is 0.0784 e. The van der Waals surface area contributed by atoms with Crippen LogP contribution in [0.5, 0.6) is 0 Å². The highest BCUT2D eigenvalue weighted by atomic mass is 14.9.